The molecule has 0 bridgehead atoms. The van der Waals surface area contributed by atoms with Crippen LogP contribution in [0.4, 0.5) is 0 Å². The Morgan fingerprint density at radius 1 is 1.10 bits per heavy atom. The maximum absolute atomic E-state index is 3.34. The summed E-state index contributed by atoms with van der Waals surface area (Å²) < 4.78 is 0. The van der Waals surface area contributed by atoms with Crippen LogP contribution in [-0.4, -0.2) is 13.6 Å². The van der Waals surface area contributed by atoms with E-state index in [1.807, 2.05) is 0 Å². The molecule has 3 saturated carbocycles. The smallest absolute Gasteiger partial charge is 0.00518 e. The van der Waals surface area contributed by atoms with Gasteiger partial charge in [0.05, 0.1) is 0 Å². The van der Waals surface area contributed by atoms with Crippen molar-refractivity contribution in [3.05, 3.63) is 0 Å². The predicted molar refractivity (Wildman–Crippen MR) is 91.3 cm³/mol. The van der Waals surface area contributed by atoms with Crippen molar-refractivity contribution in [3.8, 4) is 0 Å². The van der Waals surface area contributed by atoms with Gasteiger partial charge in [0.2, 0.25) is 0 Å². The second kappa shape index (κ2) is 6.60. The van der Waals surface area contributed by atoms with E-state index in [-0.39, 0.29) is 0 Å². The highest BCUT2D eigenvalue weighted by Crippen LogP contribution is 2.61. The van der Waals surface area contributed by atoms with Gasteiger partial charge in [-0.05, 0) is 93.5 Å². The first kappa shape index (κ1) is 15.8. The molecule has 0 aromatic heterocycles. The standard InChI is InChI=1S/C20H37N/c1-15-11-12-20(2)17(14-15)9-10-18-16(7-5-13-21-3)6-4-8-19(18)20/h15-19,21H,4-14H2,1-3H3. The van der Waals surface area contributed by atoms with Crippen LogP contribution in [0.1, 0.15) is 78.1 Å². The molecule has 0 aromatic carbocycles. The van der Waals surface area contributed by atoms with Gasteiger partial charge in [-0.3, -0.25) is 0 Å². The highest BCUT2D eigenvalue weighted by molar-refractivity contribution is 5.01. The SMILES string of the molecule is CNCCCC1CCCC2C1CCC1CC(C)CCC12C. The van der Waals surface area contributed by atoms with Gasteiger partial charge in [-0.25, -0.2) is 0 Å². The van der Waals surface area contributed by atoms with Crippen molar-refractivity contribution in [1.82, 2.24) is 5.32 Å². The fourth-order valence-electron chi connectivity index (χ4n) is 6.48. The second-order valence-corrected chi connectivity index (χ2v) is 8.87. The van der Waals surface area contributed by atoms with Gasteiger partial charge < -0.3 is 5.32 Å². The van der Waals surface area contributed by atoms with Gasteiger partial charge in [-0.1, -0.05) is 33.1 Å². The van der Waals surface area contributed by atoms with Crippen LogP contribution in [0.5, 0.6) is 0 Å². The summed E-state index contributed by atoms with van der Waals surface area (Å²) in [6.07, 6.45) is 15.1. The summed E-state index contributed by atoms with van der Waals surface area (Å²) in [5.74, 6) is 5.24. The Bertz CT molecular complexity index is 339. The first-order chi connectivity index (χ1) is 10.1. The van der Waals surface area contributed by atoms with Crippen LogP contribution in [0.15, 0.2) is 0 Å². The lowest BCUT2D eigenvalue weighted by Crippen LogP contribution is -2.49. The molecule has 0 heterocycles. The summed E-state index contributed by atoms with van der Waals surface area (Å²) in [7, 11) is 2.10. The fourth-order valence-corrected chi connectivity index (χ4v) is 6.48. The van der Waals surface area contributed by atoms with Crippen molar-refractivity contribution >= 4 is 0 Å². The van der Waals surface area contributed by atoms with E-state index in [1.54, 1.807) is 19.3 Å². The van der Waals surface area contributed by atoms with Gasteiger partial charge in [0, 0.05) is 0 Å². The Hall–Kier alpha value is -0.0400. The Labute approximate surface area is 132 Å². The molecule has 0 spiro atoms. The highest BCUT2D eigenvalue weighted by Gasteiger charge is 2.52. The lowest BCUT2D eigenvalue weighted by molar-refractivity contribution is -0.0846. The normalized spacial score (nSPS) is 46.7. The molecule has 3 fully saturated rings. The molecule has 1 N–H and O–H groups in total. The van der Waals surface area contributed by atoms with Crippen LogP contribution in [0.25, 0.3) is 0 Å². The second-order valence-electron chi connectivity index (χ2n) is 8.87. The molecule has 1 nitrogen and oxygen atoms in total. The summed E-state index contributed by atoms with van der Waals surface area (Å²) in [4.78, 5) is 0. The molecule has 6 atom stereocenters. The number of nitrogens with one attached hydrogen (secondary N) is 1. The summed E-state index contributed by atoms with van der Waals surface area (Å²) in [6.45, 7) is 6.40. The van der Waals surface area contributed by atoms with Crippen LogP contribution in [0, 0.1) is 35.0 Å². The summed E-state index contributed by atoms with van der Waals surface area (Å²) >= 11 is 0. The van der Waals surface area contributed by atoms with Gasteiger partial charge in [0.15, 0.2) is 0 Å². The maximum Gasteiger partial charge on any atom is -0.00518 e. The van der Waals surface area contributed by atoms with Crippen molar-refractivity contribution < 1.29 is 0 Å². The van der Waals surface area contributed by atoms with E-state index >= 15 is 0 Å². The van der Waals surface area contributed by atoms with Crippen LogP contribution < -0.4 is 5.32 Å². The van der Waals surface area contributed by atoms with E-state index < -0.39 is 0 Å². The van der Waals surface area contributed by atoms with Crippen molar-refractivity contribution in [1.29, 1.82) is 0 Å². The lowest BCUT2D eigenvalue weighted by Gasteiger charge is -2.58. The van der Waals surface area contributed by atoms with E-state index in [9.17, 15) is 0 Å². The monoisotopic (exact) mass is 291 g/mol. The minimum Gasteiger partial charge on any atom is -0.320 e. The maximum atomic E-state index is 3.34. The van der Waals surface area contributed by atoms with Crippen molar-refractivity contribution in [2.75, 3.05) is 13.6 Å². The third-order valence-electron chi connectivity index (χ3n) is 7.70. The number of rotatable bonds is 4. The van der Waals surface area contributed by atoms with Gasteiger partial charge in [0.1, 0.15) is 0 Å². The number of hydrogen-bond donors (Lipinski definition) is 1. The average molecular weight is 292 g/mol. The molecule has 0 amide bonds. The first-order valence-electron chi connectivity index (χ1n) is 9.79. The van der Waals surface area contributed by atoms with Gasteiger partial charge in [-0.15, -0.1) is 0 Å². The molecule has 21 heavy (non-hydrogen) atoms. The minimum absolute atomic E-state index is 0.705. The van der Waals surface area contributed by atoms with E-state index in [1.165, 1.54) is 51.5 Å². The van der Waals surface area contributed by atoms with E-state index in [0.717, 1.165) is 29.6 Å². The van der Waals surface area contributed by atoms with Crippen LogP contribution >= 0.6 is 0 Å². The molecule has 1 heteroatoms. The molecule has 0 aliphatic heterocycles. The molecule has 0 saturated heterocycles. The highest BCUT2D eigenvalue weighted by atomic mass is 14.8. The van der Waals surface area contributed by atoms with E-state index in [2.05, 4.69) is 26.2 Å². The van der Waals surface area contributed by atoms with Crippen LogP contribution in [-0.2, 0) is 0 Å². The Balaban J connectivity index is 1.69. The van der Waals surface area contributed by atoms with Gasteiger partial charge in [0.25, 0.3) is 0 Å². The Morgan fingerprint density at radius 2 is 1.95 bits per heavy atom. The average Bonchev–Trinajstić information content (AvgIpc) is 2.49. The largest absolute Gasteiger partial charge is 0.320 e. The fraction of sp³-hybridized carbons (Fsp3) is 1.00. The quantitative estimate of drug-likeness (QED) is 0.697. The molecule has 0 aromatic rings. The van der Waals surface area contributed by atoms with E-state index in [0.29, 0.717) is 5.41 Å². The molecule has 122 valence electrons. The van der Waals surface area contributed by atoms with E-state index in [4.69, 9.17) is 0 Å². The summed E-state index contributed by atoms with van der Waals surface area (Å²) in [5.41, 5.74) is 0.705. The van der Waals surface area contributed by atoms with Crippen molar-refractivity contribution in [2.24, 2.45) is 35.0 Å². The summed E-state index contributed by atoms with van der Waals surface area (Å²) in [5, 5.41) is 3.34. The Morgan fingerprint density at radius 3 is 2.76 bits per heavy atom. The van der Waals surface area contributed by atoms with Crippen molar-refractivity contribution in [2.45, 2.75) is 78.1 Å². The molecule has 0 radical (unpaired) electrons. The number of hydrogen-bond acceptors (Lipinski definition) is 1. The Kier molecular flexibility index (Phi) is 4.98. The van der Waals surface area contributed by atoms with Crippen LogP contribution in [0.2, 0.25) is 0 Å². The summed E-state index contributed by atoms with van der Waals surface area (Å²) in [6, 6.07) is 0. The lowest BCUT2D eigenvalue weighted by atomic mass is 9.47. The number of fused-ring (bicyclic) bond motifs is 3. The first-order valence-corrected chi connectivity index (χ1v) is 9.79. The predicted octanol–water partition coefficient (Wildman–Crippen LogP) is 5.25. The van der Waals surface area contributed by atoms with Gasteiger partial charge >= 0.3 is 0 Å². The van der Waals surface area contributed by atoms with Crippen molar-refractivity contribution in [3.63, 3.8) is 0 Å². The van der Waals surface area contributed by atoms with Crippen LogP contribution in [0.3, 0.4) is 0 Å². The molecule has 3 aliphatic carbocycles. The molecule has 6 unspecified atom stereocenters. The van der Waals surface area contributed by atoms with Gasteiger partial charge in [-0.2, -0.15) is 0 Å². The molecular formula is C20H37N. The third-order valence-corrected chi connectivity index (χ3v) is 7.70. The zero-order valence-corrected chi connectivity index (χ0v) is 14.7. The topological polar surface area (TPSA) is 12.0 Å². The third kappa shape index (κ3) is 3.05. The molecule has 3 aliphatic rings. The molecule has 3 rings (SSSR count). The molecular weight excluding hydrogens is 254 g/mol. The minimum atomic E-state index is 0.705. The zero-order valence-electron chi connectivity index (χ0n) is 14.7. The zero-order chi connectivity index (χ0) is 14.9.